The van der Waals surface area contributed by atoms with Crippen LogP contribution in [0, 0.1) is 0 Å². The van der Waals surface area contributed by atoms with Crippen molar-refractivity contribution in [1.82, 2.24) is 5.32 Å². The molecule has 17 heavy (non-hydrogen) atoms. The van der Waals surface area contributed by atoms with E-state index in [4.69, 9.17) is 10.8 Å². The van der Waals surface area contributed by atoms with Crippen molar-refractivity contribution in [3.05, 3.63) is 0 Å². The van der Waals surface area contributed by atoms with Crippen LogP contribution in [0.1, 0.15) is 25.7 Å². The summed E-state index contributed by atoms with van der Waals surface area (Å²) in [4.78, 5) is 33.2. The third-order valence-corrected chi connectivity index (χ3v) is 3.87. The molecule has 1 aliphatic rings. The Morgan fingerprint density at radius 2 is 2.12 bits per heavy atom. The standard InChI is InChI=1S/C10H16N2O4S/c11-8(13)5-6(10(15)16)12-9(14)7-3-1-2-4-17-7/h6-7H,1-5H2,(H2,11,13)(H,12,14)(H,15,16). The largest absolute Gasteiger partial charge is 0.480 e. The van der Waals surface area contributed by atoms with Gasteiger partial charge in [-0.3, -0.25) is 9.59 Å². The molecule has 6 nitrogen and oxygen atoms in total. The van der Waals surface area contributed by atoms with E-state index in [1.807, 2.05) is 0 Å². The first kappa shape index (κ1) is 13.8. The summed E-state index contributed by atoms with van der Waals surface area (Å²) in [5.74, 6) is -1.39. The third kappa shape index (κ3) is 4.64. The first-order valence-corrected chi connectivity index (χ1v) is 6.48. The van der Waals surface area contributed by atoms with Gasteiger partial charge in [0.05, 0.1) is 11.7 Å². The van der Waals surface area contributed by atoms with Crippen LogP contribution in [0.4, 0.5) is 0 Å². The summed E-state index contributed by atoms with van der Waals surface area (Å²) in [6, 6.07) is -1.22. The number of thioether (sulfide) groups is 1. The summed E-state index contributed by atoms with van der Waals surface area (Å²) in [6.07, 6.45) is 2.43. The molecular weight excluding hydrogens is 244 g/mol. The molecule has 0 radical (unpaired) electrons. The Morgan fingerprint density at radius 3 is 2.59 bits per heavy atom. The minimum absolute atomic E-state index is 0.210. The summed E-state index contributed by atoms with van der Waals surface area (Å²) in [6.45, 7) is 0. The number of hydrogen-bond donors (Lipinski definition) is 3. The van der Waals surface area contributed by atoms with E-state index in [1.165, 1.54) is 11.8 Å². The number of carbonyl (C=O) groups is 3. The monoisotopic (exact) mass is 260 g/mol. The molecular formula is C10H16N2O4S. The zero-order chi connectivity index (χ0) is 12.8. The van der Waals surface area contributed by atoms with Gasteiger partial charge in [0.15, 0.2) is 0 Å². The molecule has 1 saturated heterocycles. The number of carbonyl (C=O) groups excluding carboxylic acids is 2. The number of primary amides is 1. The van der Waals surface area contributed by atoms with Gasteiger partial charge in [-0.25, -0.2) is 4.79 Å². The molecule has 1 fully saturated rings. The molecule has 0 saturated carbocycles. The number of nitrogens with two attached hydrogens (primary N) is 1. The van der Waals surface area contributed by atoms with Crippen LogP contribution in [0.15, 0.2) is 0 Å². The molecule has 1 heterocycles. The molecule has 2 atom stereocenters. The highest BCUT2D eigenvalue weighted by Gasteiger charge is 2.27. The van der Waals surface area contributed by atoms with Gasteiger partial charge >= 0.3 is 5.97 Å². The lowest BCUT2D eigenvalue weighted by molar-refractivity contribution is -0.143. The molecule has 1 rings (SSSR count). The molecule has 0 aliphatic carbocycles. The van der Waals surface area contributed by atoms with Gasteiger partial charge in [-0.1, -0.05) is 6.42 Å². The van der Waals surface area contributed by atoms with Crippen molar-refractivity contribution in [1.29, 1.82) is 0 Å². The number of hydrogen-bond acceptors (Lipinski definition) is 4. The topological polar surface area (TPSA) is 109 Å². The minimum Gasteiger partial charge on any atom is -0.480 e. The summed E-state index contributed by atoms with van der Waals surface area (Å²) >= 11 is 1.52. The number of rotatable bonds is 5. The zero-order valence-electron chi connectivity index (χ0n) is 9.35. The van der Waals surface area contributed by atoms with Crippen LogP contribution in [0.5, 0.6) is 0 Å². The highest BCUT2D eigenvalue weighted by atomic mass is 32.2. The van der Waals surface area contributed by atoms with Crippen molar-refractivity contribution in [2.45, 2.75) is 37.0 Å². The van der Waals surface area contributed by atoms with E-state index >= 15 is 0 Å². The smallest absolute Gasteiger partial charge is 0.326 e. The van der Waals surface area contributed by atoms with E-state index in [2.05, 4.69) is 5.32 Å². The van der Waals surface area contributed by atoms with E-state index < -0.39 is 17.9 Å². The van der Waals surface area contributed by atoms with Crippen molar-refractivity contribution in [2.75, 3.05) is 5.75 Å². The van der Waals surface area contributed by atoms with Crippen molar-refractivity contribution in [3.8, 4) is 0 Å². The Hall–Kier alpha value is -1.24. The number of nitrogens with one attached hydrogen (secondary N) is 1. The van der Waals surface area contributed by atoms with Crippen LogP contribution < -0.4 is 11.1 Å². The Kier molecular flexibility index (Phi) is 5.27. The van der Waals surface area contributed by atoms with Gasteiger partial charge < -0.3 is 16.2 Å². The average molecular weight is 260 g/mol. The molecule has 1 aliphatic heterocycles. The average Bonchev–Trinajstić information content (AvgIpc) is 2.28. The number of amides is 2. The Balaban J connectivity index is 2.50. The van der Waals surface area contributed by atoms with Gasteiger partial charge in [-0.2, -0.15) is 0 Å². The number of aliphatic carboxylic acids is 1. The second kappa shape index (κ2) is 6.48. The molecule has 0 aromatic heterocycles. The van der Waals surface area contributed by atoms with Gasteiger partial charge in [0.1, 0.15) is 6.04 Å². The highest BCUT2D eigenvalue weighted by molar-refractivity contribution is 8.00. The van der Waals surface area contributed by atoms with Crippen molar-refractivity contribution in [3.63, 3.8) is 0 Å². The Bertz CT molecular complexity index is 315. The van der Waals surface area contributed by atoms with Gasteiger partial charge in [-0.05, 0) is 18.6 Å². The predicted molar refractivity (Wildman–Crippen MR) is 63.5 cm³/mol. The molecule has 0 aromatic rings. The number of carboxylic acids is 1. The van der Waals surface area contributed by atoms with Crippen LogP contribution >= 0.6 is 11.8 Å². The van der Waals surface area contributed by atoms with Crippen LogP contribution in [0.2, 0.25) is 0 Å². The van der Waals surface area contributed by atoms with Crippen LogP contribution in [-0.2, 0) is 14.4 Å². The molecule has 7 heteroatoms. The SMILES string of the molecule is NC(=O)CC(NC(=O)C1CCCCS1)C(=O)O. The molecule has 0 aromatic carbocycles. The second-order valence-corrected chi connectivity index (χ2v) is 5.24. The Morgan fingerprint density at radius 1 is 1.41 bits per heavy atom. The molecule has 2 unspecified atom stereocenters. The van der Waals surface area contributed by atoms with Gasteiger partial charge in [0, 0.05) is 0 Å². The van der Waals surface area contributed by atoms with E-state index in [-0.39, 0.29) is 17.6 Å². The van der Waals surface area contributed by atoms with Crippen molar-refractivity contribution >= 4 is 29.5 Å². The maximum Gasteiger partial charge on any atom is 0.326 e. The normalized spacial score (nSPS) is 21.5. The molecule has 0 bridgehead atoms. The molecule has 96 valence electrons. The zero-order valence-corrected chi connectivity index (χ0v) is 10.2. The van der Waals surface area contributed by atoms with E-state index in [0.29, 0.717) is 0 Å². The summed E-state index contributed by atoms with van der Waals surface area (Å²) in [7, 11) is 0. The number of carboxylic acid groups (broad SMARTS) is 1. The maximum absolute atomic E-state index is 11.7. The van der Waals surface area contributed by atoms with Crippen LogP contribution in [0.3, 0.4) is 0 Å². The molecule has 0 spiro atoms. The lowest BCUT2D eigenvalue weighted by Gasteiger charge is -2.22. The summed E-state index contributed by atoms with van der Waals surface area (Å²) in [5, 5.41) is 11.0. The van der Waals surface area contributed by atoms with Gasteiger partial charge in [0.2, 0.25) is 11.8 Å². The van der Waals surface area contributed by atoms with Crippen LogP contribution in [0.25, 0.3) is 0 Å². The summed E-state index contributed by atoms with van der Waals surface area (Å²) < 4.78 is 0. The predicted octanol–water partition coefficient (Wildman–Crippen LogP) is -0.283. The fraction of sp³-hybridized carbons (Fsp3) is 0.700. The first-order valence-electron chi connectivity index (χ1n) is 5.44. The fourth-order valence-electron chi connectivity index (χ4n) is 1.61. The highest BCUT2D eigenvalue weighted by Crippen LogP contribution is 2.25. The first-order chi connectivity index (χ1) is 8.00. The van der Waals surface area contributed by atoms with E-state index in [1.54, 1.807) is 0 Å². The maximum atomic E-state index is 11.7. The van der Waals surface area contributed by atoms with E-state index in [0.717, 1.165) is 25.0 Å². The lowest BCUT2D eigenvalue weighted by atomic mass is 10.1. The molecule has 2 amide bonds. The molecule has 4 N–H and O–H groups in total. The Labute approximate surface area is 103 Å². The fourth-order valence-corrected chi connectivity index (χ4v) is 2.82. The lowest BCUT2D eigenvalue weighted by Crippen LogP contribution is -2.46. The second-order valence-electron chi connectivity index (χ2n) is 3.93. The van der Waals surface area contributed by atoms with Crippen LogP contribution in [-0.4, -0.2) is 39.9 Å². The van der Waals surface area contributed by atoms with E-state index in [9.17, 15) is 14.4 Å². The third-order valence-electron chi connectivity index (χ3n) is 2.49. The quantitative estimate of drug-likeness (QED) is 0.629. The van der Waals surface area contributed by atoms with Crippen molar-refractivity contribution < 1.29 is 19.5 Å². The minimum atomic E-state index is -1.24. The van der Waals surface area contributed by atoms with Crippen molar-refractivity contribution in [2.24, 2.45) is 5.73 Å². The van der Waals surface area contributed by atoms with Gasteiger partial charge in [0.25, 0.3) is 0 Å². The summed E-state index contributed by atoms with van der Waals surface area (Å²) in [5.41, 5.74) is 4.93. The van der Waals surface area contributed by atoms with Gasteiger partial charge in [-0.15, -0.1) is 11.8 Å².